The van der Waals surface area contributed by atoms with E-state index in [1.165, 1.54) is 11.1 Å². The number of alkyl halides is 1. The predicted molar refractivity (Wildman–Crippen MR) is 46.6 cm³/mol. The lowest BCUT2D eigenvalue weighted by molar-refractivity contribution is 0.640. The van der Waals surface area contributed by atoms with Gasteiger partial charge in [0, 0.05) is 12.8 Å². The Balaban J connectivity index is 2.41. The fourth-order valence-electron chi connectivity index (χ4n) is 1.60. The normalized spacial score (nSPS) is 19.8. The summed E-state index contributed by atoms with van der Waals surface area (Å²) in [6, 6.07) is 8.23. The maximum absolute atomic E-state index is 6.01. The highest BCUT2D eigenvalue weighted by Gasteiger charge is 2.30. The van der Waals surface area contributed by atoms with Crippen molar-refractivity contribution < 1.29 is 0 Å². The first-order chi connectivity index (χ1) is 5.17. The molecule has 0 aromatic heterocycles. The van der Waals surface area contributed by atoms with E-state index in [4.69, 9.17) is 17.3 Å². The van der Waals surface area contributed by atoms with Gasteiger partial charge in [-0.15, -0.1) is 11.6 Å². The zero-order chi connectivity index (χ0) is 7.90. The highest BCUT2D eigenvalue weighted by Crippen LogP contribution is 2.30. The zero-order valence-corrected chi connectivity index (χ0v) is 6.93. The number of fused-ring (bicyclic) bond motifs is 1. The Morgan fingerprint density at radius 3 is 2.09 bits per heavy atom. The maximum Gasteiger partial charge on any atom is 0.0992 e. The smallest absolute Gasteiger partial charge is 0.0992 e. The van der Waals surface area contributed by atoms with Crippen molar-refractivity contribution >= 4 is 11.6 Å². The van der Waals surface area contributed by atoms with E-state index in [-0.39, 0.29) is 0 Å². The second kappa shape index (κ2) is 2.23. The molecule has 0 unspecified atom stereocenters. The summed E-state index contributed by atoms with van der Waals surface area (Å²) in [6.45, 7) is 0. The summed E-state index contributed by atoms with van der Waals surface area (Å²) < 4.78 is 0. The van der Waals surface area contributed by atoms with Crippen LogP contribution in [0, 0.1) is 0 Å². The molecule has 2 N–H and O–H groups in total. The van der Waals surface area contributed by atoms with Gasteiger partial charge in [0.1, 0.15) is 0 Å². The lowest BCUT2D eigenvalue weighted by atomic mass is 10.1. The first-order valence-electron chi connectivity index (χ1n) is 3.72. The minimum absolute atomic E-state index is 0.524. The molecule has 1 nitrogen and oxygen atoms in total. The molecule has 11 heavy (non-hydrogen) atoms. The number of halogens is 1. The molecule has 0 fully saturated rings. The SMILES string of the molecule is NC1(Cl)Cc2ccccc2C1. The van der Waals surface area contributed by atoms with Crippen molar-refractivity contribution in [3.63, 3.8) is 0 Å². The fraction of sp³-hybridized carbons (Fsp3) is 0.333. The van der Waals surface area contributed by atoms with Gasteiger partial charge in [-0.25, -0.2) is 0 Å². The van der Waals surface area contributed by atoms with E-state index < -0.39 is 5.00 Å². The lowest BCUT2D eigenvalue weighted by Crippen LogP contribution is -2.33. The predicted octanol–water partition coefficient (Wildman–Crippen LogP) is 1.68. The first kappa shape index (κ1) is 7.14. The second-order valence-electron chi connectivity index (χ2n) is 3.16. The van der Waals surface area contributed by atoms with Crippen molar-refractivity contribution in [1.29, 1.82) is 0 Å². The maximum atomic E-state index is 6.01. The fourth-order valence-corrected chi connectivity index (χ4v) is 1.89. The van der Waals surface area contributed by atoms with Crippen LogP contribution in [0.15, 0.2) is 24.3 Å². The van der Waals surface area contributed by atoms with Crippen LogP contribution >= 0.6 is 11.6 Å². The number of rotatable bonds is 0. The molecule has 0 radical (unpaired) electrons. The van der Waals surface area contributed by atoms with Crippen molar-refractivity contribution in [2.45, 2.75) is 17.8 Å². The third-order valence-corrected chi connectivity index (χ3v) is 2.35. The summed E-state index contributed by atoms with van der Waals surface area (Å²) in [5.74, 6) is 0. The van der Waals surface area contributed by atoms with Crippen LogP contribution in [0.4, 0.5) is 0 Å². The van der Waals surface area contributed by atoms with Gasteiger partial charge in [0.15, 0.2) is 0 Å². The Kier molecular flexibility index (Phi) is 1.44. The van der Waals surface area contributed by atoms with Crippen molar-refractivity contribution in [2.75, 3.05) is 0 Å². The van der Waals surface area contributed by atoms with Crippen molar-refractivity contribution in [3.05, 3.63) is 35.4 Å². The molecule has 0 atom stereocenters. The van der Waals surface area contributed by atoms with Crippen LogP contribution in [-0.4, -0.2) is 5.00 Å². The zero-order valence-electron chi connectivity index (χ0n) is 6.18. The molecular weight excluding hydrogens is 158 g/mol. The summed E-state index contributed by atoms with van der Waals surface area (Å²) in [7, 11) is 0. The van der Waals surface area contributed by atoms with Gasteiger partial charge in [-0.2, -0.15) is 0 Å². The van der Waals surface area contributed by atoms with Gasteiger partial charge in [-0.3, -0.25) is 0 Å². The van der Waals surface area contributed by atoms with Crippen LogP contribution < -0.4 is 5.73 Å². The van der Waals surface area contributed by atoms with Gasteiger partial charge < -0.3 is 5.73 Å². The van der Waals surface area contributed by atoms with Gasteiger partial charge in [0.2, 0.25) is 0 Å². The number of hydrogen-bond donors (Lipinski definition) is 1. The van der Waals surface area contributed by atoms with E-state index in [1.54, 1.807) is 0 Å². The molecule has 2 rings (SSSR count). The van der Waals surface area contributed by atoms with Crippen molar-refractivity contribution in [2.24, 2.45) is 5.73 Å². The summed E-state index contributed by atoms with van der Waals surface area (Å²) in [4.78, 5) is -0.524. The topological polar surface area (TPSA) is 26.0 Å². The molecular formula is C9H10ClN. The Labute approximate surface area is 71.2 Å². The second-order valence-corrected chi connectivity index (χ2v) is 3.91. The molecule has 0 saturated heterocycles. The van der Waals surface area contributed by atoms with E-state index in [0.717, 1.165) is 12.8 Å². The Bertz CT molecular complexity index is 254. The summed E-state index contributed by atoms with van der Waals surface area (Å²) >= 11 is 6.01. The van der Waals surface area contributed by atoms with Gasteiger partial charge >= 0.3 is 0 Å². The summed E-state index contributed by atoms with van der Waals surface area (Å²) in [5.41, 5.74) is 8.39. The van der Waals surface area contributed by atoms with Crippen LogP contribution in [0.5, 0.6) is 0 Å². The van der Waals surface area contributed by atoms with Gasteiger partial charge in [0.05, 0.1) is 5.00 Å². The van der Waals surface area contributed by atoms with Crippen LogP contribution in [0.25, 0.3) is 0 Å². The monoisotopic (exact) mass is 167 g/mol. The van der Waals surface area contributed by atoms with E-state index in [0.29, 0.717) is 0 Å². The average Bonchev–Trinajstić information content (AvgIpc) is 2.21. The minimum Gasteiger partial charge on any atom is -0.312 e. The highest BCUT2D eigenvalue weighted by atomic mass is 35.5. The van der Waals surface area contributed by atoms with Crippen LogP contribution in [0.1, 0.15) is 11.1 Å². The van der Waals surface area contributed by atoms with E-state index >= 15 is 0 Å². The van der Waals surface area contributed by atoms with Gasteiger partial charge in [0.25, 0.3) is 0 Å². The number of nitrogens with two attached hydrogens (primary N) is 1. The largest absolute Gasteiger partial charge is 0.312 e. The minimum atomic E-state index is -0.524. The number of hydrogen-bond acceptors (Lipinski definition) is 1. The van der Waals surface area contributed by atoms with Crippen molar-refractivity contribution in [3.8, 4) is 0 Å². The lowest BCUT2D eigenvalue weighted by Gasteiger charge is -2.11. The third-order valence-electron chi connectivity index (χ3n) is 2.09. The molecule has 0 bridgehead atoms. The molecule has 0 amide bonds. The van der Waals surface area contributed by atoms with Crippen LogP contribution in [0.2, 0.25) is 0 Å². The average molecular weight is 168 g/mol. The Morgan fingerprint density at radius 2 is 1.64 bits per heavy atom. The highest BCUT2D eigenvalue weighted by molar-refractivity contribution is 6.24. The molecule has 1 aromatic rings. The van der Waals surface area contributed by atoms with Gasteiger partial charge in [-0.1, -0.05) is 24.3 Å². The Hall–Kier alpha value is -0.530. The van der Waals surface area contributed by atoms with Gasteiger partial charge in [-0.05, 0) is 11.1 Å². The summed E-state index contributed by atoms with van der Waals surface area (Å²) in [6.07, 6.45) is 1.59. The standard InChI is InChI=1S/C9H10ClN/c10-9(11)5-7-3-1-2-4-8(7)6-9/h1-4H,5-6,11H2. The molecule has 1 aliphatic rings. The van der Waals surface area contributed by atoms with Crippen LogP contribution in [0.3, 0.4) is 0 Å². The van der Waals surface area contributed by atoms with E-state index in [2.05, 4.69) is 12.1 Å². The molecule has 1 aliphatic carbocycles. The molecule has 1 aromatic carbocycles. The molecule has 0 aliphatic heterocycles. The van der Waals surface area contributed by atoms with E-state index in [1.807, 2.05) is 12.1 Å². The quantitative estimate of drug-likeness (QED) is 0.462. The Morgan fingerprint density at radius 1 is 1.18 bits per heavy atom. The molecule has 0 spiro atoms. The van der Waals surface area contributed by atoms with Crippen molar-refractivity contribution in [1.82, 2.24) is 0 Å². The first-order valence-corrected chi connectivity index (χ1v) is 4.10. The molecule has 0 heterocycles. The van der Waals surface area contributed by atoms with Crippen LogP contribution in [-0.2, 0) is 12.8 Å². The third kappa shape index (κ3) is 1.26. The molecule has 2 heteroatoms. The van der Waals surface area contributed by atoms with E-state index in [9.17, 15) is 0 Å². The molecule has 58 valence electrons. The molecule has 0 saturated carbocycles. The summed E-state index contributed by atoms with van der Waals surface area (Å²) in [5, 5.41) is 0. The number of benzene rings is 1.